The first kappa shape index (κ1) is 23.7. The van der Waals surface area contributed by atoms with Gasteiger partial charge in [-0.25, -0.2) is 13.8 Å². The lowest BCUT2D eigenvalue weighted by atomic mass is 10.2. The number of carbonyl (C=O) groups is 2. The quantitative estimate of drug-likeness (QED) is 0.561. The highest BCUT2D eigenvalue weighted by Gasteiger charge is 2.26. The smallest absolute Gasteiger partial charge is 0.272 e. The van der Waals surface area contributed by atoms with Crippen LogP contribution in [-0.2, 0) is 0 Å². The summed E-state index contributed by atoms with van der Waals surface area (Å²) in [7, 11) is 0. The van der Waals surface area contributed by atoms with E-state index in [1.807, 2.05) is 0 Å². The molecule has 2 aromatic carbocycles. The third kappa shape index (κ3) is 5.15. The van der Waals surface area contributed by atoms with Crippen molar-refractivity contribution in [2.24, 2.45) is 0 Å². The number of hydrogen-bond donors (Lipinski definition) is 0. The maximum absolute atomic E-state index is 13.2. The van der Waals surface area contributed by atoms with Gasteiger partial charge in [-0.2, -0.15) is 0 Å². The number of pyridine rings is 1. The van der Waals surface area contributed by atoms with E-state index in [-0.39, 0.29) is 34.8 Å². The number of aromatic nitrogens is 1. The van der Waals surface area contributed by atoms with E-state index in [0.717, 1.165) is 11.4 Å². The number of hydrogen-bond acceptors (Lipinski definition) is 5. The lowest BCUT2D eigenvalue weighted by Crippen LogP contribution is -2.49. The molecule has 3 aromatic rings. The fourth-order valence-electron chi connectivity index (χ4n) is 4.64. The van der Waals surface area contributed by atoms with Crippen LogP contribution in [0.2, 0.25) is 0 Å². The van der Waals surface area contributed by atoms with E-state index in [4.69, 9.17) is 0 Å². The molecule has 0 saturated carbocycles. The van der Waals surface area contributed by atoms with Gasteiger partial charge in [0.15, 0.2) is 0 Å². The fourth-order valence-corrected chi connectivity index (χ4v) is 4.64. The molecule has 186 valence electrons. The highest BCUT2D eigenvalue weighted by Crippen LogP contribution is 2.19. The number of piperazine rings is 2. The topological polar surface area (TPSA) is 60.0 Å². The number of halogens is 2. The summed E-state index contributed by atoms with van der Waals surface area (Å²) in [6.07, 6.45) is 0. The van der Waals surface area contributed by atoms with Crippen molar-refractivity contribution in [3.05, 3.63) is 89.8 Å². The monoisotopic (exact) mass is 491 g/mol. The molecular weight excluding hydrogens is 464 g/mol. The largest absolute Gasteiger partial charge is 0.368 e. The second kappa shape index (κ2) is 10.3. The summed E-state index contributed by atoms with van der Waals surface area (Å²) in [6.45, 7) is 4.59. The number of anilines is 2. The summed E-state index contributed by atoms with van der Waals surface area (Å²) in [5.74, 6) is -0.959. The average molecular weight is 492 g/mol. The highest BCUT2D eigenvalue weighted by atomic mass is 19.1. The van der Waals surface area contributed by atoms with Crippen molar-refractivity contribution < 1.29 is 18.4 Å². The summed E-state index contributed by atoms with van der Waals surface area (Å²) >= 11 is 0. The Bertz CT molecular complexity index is 1130. The van der Waals surface area contributed by atoms with E-state index in [2.05, 4.69) is 14.8 Å². The average Bonchev–Trinajstić information content (AvgIpc) is 2.93. The summed E-state index contributed by atoms with van der Waals surface area (Å²) in [4.78, 5) is 38.3. The van der Waals surface area contributed by atoms with Crippen LogP contribution in [0.1, 0.15) is 21.0 Å². The molecule has 0 radical (unpaired) electrons. The Hall–Kier alpha value is -4.01. The molecule has 9 heteroatoms. The van der Waals surface area contributed by atoms with Gasteiger partial charge in [0.2, 0.25) is 0 Å². The maximum atomic E-state index is 13.2. The van der Waals surface area contributed by atoms with Crippen LogP contribution in [0.3, 0.4) is 0 Å². The summed E-state index contributed by atoms with van der Waals surface area (Å²) < 4.78 is 26.4. The Labute approximate surface area is 208 Å². The Morgan fingerprint density at radius 3 is 1.28 bits per heavy atom. The zero-order valence-electron chi connectivity index (χ0n) is 19.8. The molecular formula is C27H27F2N5O2. The second-order valence-electron chi connectivity index (χ2n) is 8.92. The molecule has 7 nitrogen and oxygen atoms in total. The number of carbonyl (C=O) groups excluding carboxylic acids is 2. The molecule has 2 fully saturated rings. The van der Waals surface area contributed by atoms with Gasteiger partial charge < -0.3 is 19.6 Å². The van der Waals surface area contributed by atoms with Crippen molar-refractivity contribution in [1.82, 2.24) is 14.8 Å². The molecule has 0 N–H and O–H groups in total. The van der Waals surface area contributed by atoms with Crippen molar-refractivity contribution in [1.29, 1.82) is 0 Å². The molecule has 0 aliphatic carbocycles. The van der Waals surface area contributed by atoms with Crippen molar-refractivity contribution >= 4 is 23.2 Å². The molecule has 0 spiro atoms. The van der Waals surface area contributed by atoms with Gasteiger partial charge in [0, 0.05) is 63.7 Å². The van der Waals surface area contributed by atoms with E-state index < -0.39 is 0 Å². The van der Waals surface area contributed by atoms with Crippen LogP contribution in [-0.4, -0.2) is 79.0 Å². The van der Waals surface area contributed by atoms with Crippen LogP contribution >= 0.6 is 0 Å². The molecule has 3 heterocycles. The molecule has 2 saturated heterocycles. The normalized spacial score (nSPS) is 16.3. The number of nitrogens with zero attached hydrogens (tertiary/aromatic N) is 5. The fraction of sp³-hybridized carbons (Fsp3) is 0.296. The molecule has 0 bridgehead atoms. The highest BCUT2D eigenvalue weighted by molar-refractivity contribution is 5.96. The van der Waals surface area contributed by atoms with Gasteiger partial charge in [0.05, 0.1) is 0 Å². The summed E-state index contributed by atoms with van der Waals surface area (Å²) in [5, 5.41) is 0. The van der Waals surface area contributed by atoms with Gasteiger partial charge in [-0.3, -0.25) is 9.59 Å². The van der Waals surface area contributed by atoms with E-state index in [9.17, 15) is 18.4 Å². The van der Waals surface area contributed by atoms with E-state index in [1.54, 1.807) is 52.3 Å². The Morgan fingerprint density at radius 1 is 0.556 bits per heavy atom. The predicted molar refractivity (Wildman–Crippen MR) is 133 cm³/mol. The Balaban J connectivity index is 1.18. The third-order valence-corrected chi connectivity index (χ3v) is 6.70. The van der Waals surface area contributed by atoms with Crippen LogP contribution in [0.4, 0.5) is 20.2 Å². The SMILES string of the molecule is O=C(c1cccc(C(=O)N2CCN(c3ccc(F)cc3)CC2)n1)N1CCN(c2ccc(F)cc2)CC1. The maximum Gasteiger partial charge on any atom is 0.272 e. The molecule has 0 unspecified atom stereocenters. The van der Waals surface area contributed by atoms with Crippen molar-refractivity contribution in [2.75, 3.05) is 62.2 Å². The Morgan fingerprint density at radius 2 is 0.917 bits per heavy atom. The van der Waals surface area contributed by atoms with Gasteiger partial charge in [0.25, 0.3) is 11.8 Å². The van der Waals surface area contributed by atoms with Gasteiger partial charge in [-0.05, 0) is 60.7 Å². The number of rotatable bonds is 4. The lowest BCUT2D eigenvalue weighted by Gasteiger charge is -2.36. The minimum atomic E-state index is -0.275. The summed E-state index contributed by atoms with van der Waals surface area (Å²) in [5.41, 5.74) is 2.35. The van der Waals surface area contributed by atoms with Crippen LogP contribution in [0.25, 0.3) is 0 Å². The first-order chi connectivity index (χ1) is 17.5. The molecule has 1 aromatic heterocycles. The van der Waals surface area contributed by atoms with Crippen LogP contribution in [0, 0.1) is 11.6 Å². The minimum Gasteiger partial charge on any atom is -0.368 e. The zero-order chi connectivity index (χ0) is 25.1. The predicted octanol–water partition coefficient (Wildman–Crippen LogP) is 3.28. The molecule has 2 amide bonds. The molecule has 36 heavy (non-hydrogen) atoms. The van der Waals surface area contributed by atoms with Crippen molar-refractivity contribution in [3.63, 3.8) is 0 Å². The standard InChI is InChI=1S/C27H27F2N5O2/c28-20-4-8-22(9-5-20)31-12-16-33(17-13-31)26(35)24-2-1-3-25(30-24)27(36)34-18-14-32(15-19-34)23-10-6-21(29)7-11-23/h1-11H,12-19H2. The molecule has 2 aliphatic rings. The van der Waals surface area contributed by atoms with Crippen LogP contribution in [0.5, 0.6) is 0 Å². The van der Waals surface area contributed by atoms with Gasteiger partial charge >= 0.3 is 0 Å². The van der Waals surface area contributed by atoms with Crippen molar-refractivity contribution in [3.8, 4) is 0 Å². The molecule has 0 atom stereocenters. The third-order valence-electron chi connectivity index (χ3n) is 6.70. The van der Waals surface area contributed by atoms with Gasteiger partial charge in [-0.1, -0.05) is 6.07 Å². The Kier molecular flexibility index (Phi) is 6.79. The van der Waals surface area contributed by atoms with Crippen LogP contribution < -0.4 is 9.80 Å². The van der Waals surface area contributed by atoms with Crippen molar-refractivity contribution in [2.45, 2.75) is 0 Å². The van der Waals surface area contributed by atoms with Gasteiger partial charge in [-0.15, -0.1) is 0 Å². The van der Waals surface area contributed by atoms with Gasteiger partial charge in [0.1, 0.15) is 23.0 Å². The van der Waals surface area contributed by atoms with E-state index in [1.165, 1.54) is 24.3 Å². The first-order valence-electron chi connectivity index (χ1n) is 12.0. The number of amides is 2. The lowest BCUT2D eigenvalue weighted by molar-refractivity contribution is 0.0733. The van der Waals surface area contributed by atoms with E-state index in [0.29, 0.717) is 52.4 Å². The van der Waals surface area contributed by atoms with E-state index >= 15 is 0 Å². The molecule has 2 aliphatic heterocycles. The second-order valence-corrected chi connectivity index (χ2v) is 8.92. The summed E-state index contributed by atoms with van der Waals surface area (Å²) in [6, 6.07) is 17.7. The minimum absolute atomic E-state index is 0.204. The zero-order valence-corrected chi connectivity index (χ0v) is 19.8. The van der Waals surface area contributed by atoms with Crippen LogP contribution in [0.15, 0.2) is 66.7 Å². The number of benzene rings is 2. The molecule has 5 rings (SSSR count). The first-order valence-corrected chi connectivity index (χ1v) is 12.0.